The van der Waals surface area contributed by atoms with E-state index in [9.17, 15) is 19.5 Å². The van der Waals surface area contributed by atoms with E-state index in [1.165, 1.54) is 50.7 Å². The lowest BCUT2D eigenvalue weighted by atomic mass is 9.69. The van der Waals surface area contributed by atoms with Crippen LogP contribution < -0.4 is 10.9 Å². The SMILES string of the molecule is CC(=O)N1CCC(c2cc3c(N[C@H](C)c4cccc(C(F)(F)C5(C(C)(C)C)CN(C(=O)O)CCO5)c4F)ncnc3n(C)c2=O)CC1. The number of halogens is 3. The van der Waals surface area contributed by atoms with Gasteiger partial charge in [-0.3, -0.25) is 14.2 Å². The minimum atomic E-state index is -3.92. The number of pyridine rings is 1. The van der Waals surface area contributed by atoms with Crippen molar-refractivity contribution in [2.45, 2.75) is 70.9 Å². The van der Waals surface area contributed by atoms with Gasteiger partial charge < -0.3 is 25.0 Å². The summed E-state index contributed by atoms with van der Waals surface area (Å²) in [6, 6.07) is 4.60. The summed E-state index contributed by atoms with van der Waals surface area (Å²) in [5.74, 6) is -4.90. The number of alkyl halides is 2. The van der Waals surface area contributed by atoms with Gasteiger partial charge in [0.25, 0.3) is 5.56 Å². The Morgan fingerprint density at radius 1 is 1.13 bits per heavy atom. The zero-order chi connectivity index (χ0) is 34.5. The number of benzene rings is 1. The van der Waals surface area contributed by atoms with E-state index in [0.717, 1.165) is 11.0 Å². The molecule has 2 saturated heterocycles. The zero-order valence-electron chi connectivity index (χ0n) is 27.4. The lowest BCUT2D eigenvalue weighted by molar-refractivity contribution is -0.281. The number of aromatic nitrogens is 3. The van der Waals surface area contributed by atoms with Crippen LogP contribution in [0.1, 0.15) is 76.1 Å². The maximum atomic E-state index is 16.7. The Bertz CT molecular complexity index is 1750. The Morgan fingerprint density at radius 3 is 2.43 bits per heavy atom. The van der Waals surface area contributed by atoms with Crippen molar-refractivity contribution in [2.75, 3.05) is 38.1 Å². The molecule has 3 aromatic rings. The van der Waals surface area contributed by atoms with Gasteiger partial charge in [-0.05, 0) is 43.2 Å². The molecular weight excluding hydrogens is 617 g/mol. The van der Waals surface area contributed by atoms with Gasteiger partial charge in [0.15, 0.2) is 5.60 Å². The van der Waals surface area contributed by atoms with Crippen LogP contribution in [-0.2, 0) is 22.5 Å². The molecule has 5 rings (SSSR count). The van der Waals surface area contributed by atoms with Crippen LogP contribution in [0, 0.1) is 11.2 Å². The number of aryl methyl sites for hydroxylation is 1. The number of hydrogen-bond acceptors (Lipinski definition) is 7. The molecule has 0 saturated carbocycles. The van der Waals surface area contributed by atoms with Gasteiger partial charge in [0, 0.05) is 44.7 Å². The number of hydrogen-bond donors (Lipinski definition) is 2. The van der Waals surface area contributed by atoms with E-state index in [2.05, 4.69) is 15.3 Å². The molecule has 4 heterocycles. The van der Waals surface area contributed by atoms with Crippen LogP contribution in [-0.4, -0.2) is 79.8 Å². The summed E-state index contributed by atoms with van der Waals surface area (Å²) in [5.41, 5.74) is -3.92. The molecule has 2 amide bonds. The molecule has 14 heteroatoms. The molecule has 0 bridgehead atoms. The molecule has 1 unspecified atom stereocenters. The summed E-state index contributed by atoms with van der Waals surface area (Å²) in [6.45, 7) is 7.77. The fourth-order valence-corrected chi connectivity index (χ4v) is 6.83. The lowest BCUT2D eigenvalue weighted by Gasteiger charge is -2.53. The maximum absolute atomic E-state index is 16.7. The Balaban J connectivity index is 1.50. The Hall–Kier alpha value is -4.20. The maximum Gasteiger partial charge on any atom is 0.407 e. The van der Waals surface area contributed by atoms with Crippen molar-refractivity contribution in [1.82, 2.24) is 24.3 Å². The fourth-order valence-electron chi connectivity index (χ4n) is 6.83. The first-order valence-corrected chi connectivity index (χ1v) is 15.7. The predicted octanol–water partition coefficient (Wildman–Crippen LogP) is 5.25. The molecule has 2 fully saturated rings. The number of nitrogens with one attached hydrogen (secondary N) is 1. The minimum Gasteiger partial charge on any atom is -0.465 e. The Kier molecular flexibility index (Phi) is 9.03. The Morgan fingerprint density at radius 2 is 1.81 bits per heavy atom. The molecule has 2 N–H and O–H groups in total. The third-order valence-corrected chi connectivity index (χ3v) is 9.71. The molecule has 2 atom stereocenters. The summed E-state index contributed by atoms with van der Waals surface area (Å²) in [4.78, 5) is 48.2. The average Bonchev–Trinajstić information content (AvgIpc) is 3.02. The molecule has 1 aromatic carbocycles. The number of carbonyl (C=O) groups excluding carboxylic acids is 1. The number of ether oxygens (including phenoxy) is 1. The van der Waals surface area contributed by atoms with E-state index in [4.69, 9.17) is 4.74 Å². The number of amides is 2. The number of likely N-dealkylation sites (tertiary alicyclic amines) is 1. The van der Waals surface area contributed by atoms with Crippen molar-refractivity contribution < 1.29 is 32.6 Å². The Labute approximate surface area is 270 Å². The quantitative estimate of drug-likeness (QED) is 0.367. The highest BCUT2D eigenvalue weighted by Gasteiger charge is 2.65. The number of rotatable bonds is 6. The van der Waals surface area contributed by atoms with Gasteiger partial charge in [-0.15, -0.1) is 0 Å². The van der Waals surface area contributed by atoms with E-state index < -0.39 is 47.0 Å². The summed E-state index contributed by atoms with van der Waals surface area (Å²) in [5, 5.41) is 13.3. The average molecular weight is 659 g/mol. The molecule has 0 aliphatic carbocycles. The first-order valence-electron chi connectivity index (χ1n) is 15.7. The lowest BCUT2D eigenvalue weighted by Crippen LogP contribution is -2.67. The zero-order valence-corrected chi connectivity index (χ0v) is 27.4. The number of fused-ring (bicyclic) bond motifs is 1. The van der Waals surface area contributed by atoms with Gasteiger partial charge in [0.05, 0.1) is 30.1 Å². The third kappa shape index (κ3) is 5.92. The van der Waals surface area contributed by atoms with Gasteiger partial charge in [-0.2, -0.15) is 8.78 Å². The van der Waals surface area contributed by atoms with Crippen LogP contribution >= 0.6 is 0 Å². The first kappa shape index (κ1) is 34.1. The van der Waals surface area contributed by atoms with Gasteiger partial charge in [-0.25, -0.2) is 19.2 Å². The second kappa shape index (κ2) is 12.4. The van der Waals surface area contributed by atoms with Crippen LogP contribution in [0.4, 0.5) is 23.8 Å². The van der Waals surface area contributed by atoms with Gasteiger partial charge in [0.2, 0.25) is 5.91 Å². The van der Waals surface area contributed by atoms with Gasteiger partial charge >= 0.3 is 12.0 Å². The number of morpholine rings is 1. The van der Waals surface area contributed by atoms with Crippen molar-refractivity contribution in [2.24, 2.45) is 12.5 Å². The van der Waals surface area contributed by atoms with Crippen LogP contribution in [0.2, 0.25) is 0 Å². The standard InChI is InChI=1S/C33H41F3N6O5/c1-19(22-8-7-9-25(26(22)34)33(35,36)32(31(3,4)5)17-42(30(45)46)14-15-47-32)39-27-24-16-23(21-10-12-41(13-11-21)20(2)43)29(44)40(6)28(24)38-18-37-27/h7-9,16,18-19,21H,10-15,17H2,1-6H3,(H,45,46)(H,37,38,39)/t19-,32?/m1/s1. The second-order valence-corrected chi connectivity index (χ2v) is 13.5. The summed E-state index contributed by atoms with van der Waals surface area (Å²) < 4.78 is 56.8. The van der Waals surface area contributed by atoms with Crippen molar-refractivity contribution in [3.8, 4) is 0 Å². The molecular formula is C33H41F3N6O5. The van der Waals surface area contributed by atoms with E-state index in [0.29, 0.717) is 42.5 Å². The molecule has 2 aliphatic rings. The number of anilines is 1. The van der Waals surface area contributed by atoms with E-state index in [1.807, 2.05) is 0 Å². The largest absolute Gasteiger partial charge is 0.465 e. The molecule has 0 radical (unpaired) electrons. The second-order valence-electron chi connectivity index (χ2n) is 13.5. The van der Waals surface area contributed by atoms with Crippen molar-refractivity contribution >= 4 is 28.9 Å². The monoisotopic (exact) mass is 658 g/mol. The predicted molar refractivity (Wildman–Crippen MR) is 169 cm³/mol. The topological polar surface area (TPSA) is 130 Å². The van der Waals surface area contributed by atoms with E-state index >= 15 is 13.2 Å². The molecule has 2 aliphatic heterocycles. The van der Waals surface area contributed by atoms with Crippen LogP contribution in [0.25, 0.3) is 11.0 Å². The van der Waals surface area contributed by atoms with Crippen molar-refractivity contribution in [3.63, 3.8) is 0 Å². The highest BCUT2D eigenvalue weighted by Crippen LogP contribution is 2.53. The third-order valence-electron chi connectivity index (χ3n) is 9.71. The summed E-state index contributed by atoms with van der Waals surface area (Å²) in [6.07, 6.45) is 1.14. The van der Waals surface area contributed by atoms with E-state index in [1.54, 1.807) is 24.9 Å². The normalized spacial score (nSPS) is 20.4. The van der Waals surface area contributed by atoms with Crippen molar-refractivity contribution in [1.29, 1.82) is 0 Å². The summed E-state index contributed by atoms with van der Waals surface area (Å²) >= 11 is 0. The van der Waals surface area contributed by atoms with Crippen LogP contribution in [0.3, 0.4) is 0 Å². The van der Waals surface area contributed by atoms with E-state index in [-0.39, 0.29) is 41.9 Å². The highest BCUT2D eigenvalue weighted by atomic mass is 19.3. The first-order chi connectivity index (χ1) is 22.0. The van der Waals surface area contributed by atoms with Crippen molar-refractivity contribution in [3.05, 3.63) is 63.5 Å². The molecule has 0 spiro atoms. The number of carbonyl (C=O) groups is 2. The van der Waals surface area contributed by atoms with Gasteiger partial charge in [0.1, 0.15) is 23.6 Å². The fraction of sp³-hybridized carbons (Fsp3) is 0.545. The molecule has 47 heavy (non-hydrogen) atoms. The molecule has 2 aromatic heterocycles. The summed E-state index contributed by atoms with van der Waals surface area (Å²) in [7, 11) is 1.61. The number of nitrogens with zero attached hydrogens (tertiary/aromatic N) is 5. The number of carboxylic acid groups (broad SMARTS) is 1. The van der Waals surface area contributed by atoms with Crippen LogP contribution in [0.5, 0.6) is 0 Å². The van der Waals surface area contributed by atoms with Crippen LogP contribution in [0.15, 0.2) is 35.4 Å². The van der Waals surface area contributed by atoms with Gasteiger partial charge in [-0.1, -0.05) is 32.9 Å². The molecule has 254 valence electrons. The minimum absolute atomic E-state index is 0.0140. The molecule has 11 nitrogen and oxygen atoms in total. The smallest absolute Gasteiger partial charge is 0.407 e. The highest BCUT2D eigenvalue weighted by molar-refractivity contribution is 5.87. The number of piperidine rings is 1.